The number of carbonyl (C=O) groups is 1. The SMILES string of the molecule is COc1cc(NC(=O)Cn2cc(N)cn2)c(OC)cc1Cl. The highest BCUT2D eigenvalue weighted by Gasteiger charge is 2.13. The first-order chi connectivity index (χ1) is 10.0. The van der Waals surface area contributed by atoms with Crippen LogP contribution in [0.1, 0.15) is 0 Å². The van der Waals surface area contributed by atoms with Gasteiger partial charge in [-0.25, -0.2) is 0 Å². The molecule has 0 aliphatic heterocycles. The monoisotopic (exact) mass is 310 g/mol. The van der Waals surface area contributed by atoms with Crippen LogP contribution in [0.15, 0.2) is 24.5 Å². The number of amides is 1. The molecule has 0 unspecified atom stereocenters. The molecule has 1 aromatic carbocycles. The normalized spacial score (nSPS) is 10.2. The Labute approximate surface area is 126 Å². The summed E-state index contributed by atoms with van der Waals surface area (Å²) in [5.41, 5.74) is 6.50. The number of hydrogen-bond acceptors (Lipinski definition) is 5. The Kier molecular flexibility index (Phi) is 4.54. The van der Waals surface area contributed by atoms with E-state index in [1.165, 1.54) is 25.1 Å². The van der Waals surface area contributed by atoms with Crippen molar-refractivity contribution in [2.24, 2.45) is 0 Å². The van der Waals surface area contributed by atoms with Crippen LogP contribution in [-0.4, -0.2) is 29.9 Å². The molecule has 3 N–H and O–H groups in total. The molecule has 0 radical (unpaired) electrons. The third-order valence-corrected chi connectivity index (χ3v) is 3.00. The molecule has 0 fully saturated rings. The van der Waals surface area contributed by atoms with E-state index < -0.39 is 0 Å². The number of anilines is 2. The van der Waals surface area contributed by atoms with Crippen LogP contribution >= 0.6 is 11.6 Å². The molecule has 0 atom stereocenters. The number of hydrogen-bond donors (Lipinski definition) is 2. The second kappa shape index (κ2) is 6.36. The fraction of sp³-hybridized carbons (Fsp3) is 0.231. The summed E-state index contributed by atoms with van der Waals surface area (Å²) in [4.78, 5) is 12.0. The summed E-state index contributed by atoms with van der Waals surface area (Å²) < 4.78 is 11.7. The lowest BCUT2D eigenvalue weighted by Gasteiger charge is -2.13. The molecule has 0 aliphatic carbocycles. The molecule has 7 nitrogen and oxygen atoms in total. The fourth-order valence-corrected chi connectivity index (χ4v) is 1.99. The lowest BCUT2D eigenvalue weighted by molar-refractivity contribution is -0.116. The molecule has 1 amide bonds. The maximum absolute atomic E-state index is 12.0. The molecule has 21 heavy (non-hydrogen) atoms. The van der Waals surface area contributed by atoms with E-state index in [2.05, 4.69) is 10.4 Å². The average Bonchev–Trinajstić information content (AvgIpc) is 2.85. The van der Waals surface area contributed by atoms with E-state index in [1.54, 1.807) is 18.3 Å². The predicted octanol–water partition coefficient (Wildman–Crippen LogP) is 1.77. The second-order valence-corrected chi connectivity index (χ2v) is 4.61. The van der Waals surface area contributed by atoms with E-state index in [0.717, 1.165) is 0 Å². The Morgan fingerprint density at radius 1 is 1.38 bits per heavy atom. The zero-order valence-electron chi connectivity index (χ0n) is 11.6. The van der Waals surface area contributed by atoms with Crippen molar-refractivity contribution >= 4 is 28.9 Å². The van der Waals surface area contributed by atoms with Crippen molar-refractivity contribution in [3.63, 3.8) is 0 Å². The quantitative estimate of drug-likeness (QED) is 0.878. The number of benzene rings is 1. The van der Waals surface area contributed by atoms with E-state index in [1.807, 2.05) is 0 Å². The lowest BCUT2D eigenvalue weighted by atomic mass is 10.2. The number of aromatic nitrogens is 2. The third kappa shape index (κ3) is 3.57. The number of methoxy groups -OCH3 is 2. The average molecular weight is 311 g/mol. The minimum atomic E-state index is -0.277. The largest absolute Gasteiger partial charge is 0.495 e. The Bertz CT molecular complexity index is 657. The van der Waals surface area contributed by atoms with Gasteiger partial charge in [-0.1, -0.05) is 11.6 Å². The van der Waals surface area contributed by atoms with Gasteiger partial charge >= 0.3 is 0 Å². The standard InChI is InChI=1S/C13H15ClN4O3/c1-20-11-4-10(12(21-2)3-9(11)14)17-13(19)7-18-6-8(15)5-16-18/h3-6H,7,15H2,1-2H3,(H,17,19). The molecule has 8 heteroatoms. The topological polar surface area (TPSA) is 91.4 Å². The number of carbonyl (C=O) groups excluding carboxylic acids is 1. The van der Waals surface area contributed by atoms with Gasteiger partial charge in [0.1, 0.15) is 18.0 Å². The first-order valence-electron chi connectivity index (χ1n) is 6.02. The third-order valence-electron chi connectivity index (χ3n) is 2.71. The molecular formula is C13H15ClN4O3. The minimum Gasteiger partial charge on any atom is -0.495 e. The van der Waals surface area contributed by atoms with Crippen LogP contribution in [0.2, 0.25) is 5.02 Å². The van der Waals surface area contributed by atoms with E-state index in [-0.39, 0.29) is 12.5 Å². The fourth-order valence-electron chi connectivity index (χ4n) is 1.76. The summed E-state index contributed by atoms with van der Waals surface area (Å²) in [6.45, 7) is 0.0330. The number of nitrogen functional groups attached to an aromatic ring is 1. The number of ether oxygens (including phenoxy) is 2. The number of nitrogens with two attached hydrogens (primary N) is 1. The molecule has 0 saturated heterocycles. The van der Waals surface area contributed by atoms with Gasteiger partial charge in [0.2, 0.25) is 5.91 Å². The van der Waals surface area contributed by atoms with E-state index in [9.17, 15) is 4.79 Å². The number of halogens is 1. The minimum absolute atomic E-state index is 0.0330. The van der Waals surface area contributed by atoms with Gasteiger partial charge in [0.15, 0.2) is 0 Å². The molecular weight excluding hydrogens is 296 g/mol. The van der Waals surface area contributed by atoms with Gasteiger partial charge in [0, 0.05) is 18.3 Å². The summed E-state index contributed by atoms with van der Waals surface area (Å²) in [5, 5.41) is 7.05. The van der Waals surface area contributed by atoms with Gasteiger partial charge in [0.05, 0.1) is 36.8 Å². The van der Waals surface area contributed by atoms with Crippen molar-refractivity contribution in [1.82, 2.24) is 9.78 Å². The summed E-state index contributed by atoms with van der Waals surface area (Å²) in [7, 11) is 2.98. The highest BCUT2D eigenvalue weighted by molar-refractivity contribution is 6.32. The van der Waals surface area contributed by atoms with Crippen LogP contribution in [0.25, 0.3) is 0 Å². The van der Waals surface area contributed by atoms with Gasteiger partial charge in [-0.05, 0) is 0 Å². The van der Waals surface area contributed by atoms with Crippen molar-refractivity contribution < 1.29 is 14.3 Å². The van der Waals surface area contributed by atoms with Gasteiger partial charge in [-0.15, -0.1) is 0 Å². The van der Waals surface area contributed by atoms with Crippen LogP contribution in [0.3, 0.4) is 0 Å². The summed E-state index contributed by atoms with van der Waals surface area (Å²) in [5.74, 6) is 0.603. The zero-order valence-corrected chi connectivity index (χ0v) is 12.3. The zero-order chi connectivity index (χ0) is 15.4. The summed E-state index contributed by atoms with van der Waals surface area (Å²) in [6, 6.07) is 3.17. The molecule has 1 aromatic heterocycles. The predicted molar refractivity (Wildman–Crippen MR) is 79.8 cm³/mol. The summed E-state index contributed by atoms with van der Waals surface area (Å²) in [6.07, 6.45) is 3.04. The molecule has 2 rings (SSSR count). The van der Waals surface area contributed by atoms with E-state index in [0.29, 0.717) is 27.9 Å². The van der Waals surface area contributed by atoms with Crippen LogP contribution in [-0.2, 0) is 11.3 Å². The smallest absolute Gasteiger partial charge is 0.246 e. The van der Waals surface area contributed by atoms with Crippen molar-refractivity contribution in [3.8, 4) is 11.5 Å². The van der Waals surface area contributed by atoms with Crippen molar-refractivity contribution in [2.45, 2.75) is 6.54 Å². The molecule has 0 bridgehead atoms. The Morgan fingerprint density at radius 2 is 2.10 bits per heavy atom. The van der Waals surface area contributed by atoms with Gasteiger partial charge in [0.25, 0.3) is 0 Å². The van der Waals surface area contributed by atoms with Gasteiger partial charge in [-0.3, -0.25) is 9.48 Å². The second-order valence-electron chi connectivity index (χ2n) is 4.21. The van der Waals surface area contributed by atoms with Gasteiger partial charge in [-0.2, -0.15) is 5.10 Å². The van der Waals surface area contributed by atoms with E-state index in [4.69, 9.17) is 26.8 Å². The number of nitrogens with one attached hydrogen (secondary N) is 1. The maximum atomic E-state index is 12.0. The van der Waals surface area contributed by atoms with Crippen LogP contribution in [0.4, 0.5) is 11.4 Å². The Balaban J connectivity index is 2.16. The maximum Gasteiger partial charge on any atom is 0.246 e. The first-order valence-corrected chi connectivity index (χ1v) is 6.40. The highest BCUT2D eigenvalue weighted by atomic mass is 35.5. The number of nitrogens with zero attached hydrogens (tertiary/aromatic N) is 2. The lowest BCUT2D eigenvalue weighted by Crippen LogP contribution is -2.19. The van der Waals surface area contributed by atoms with Gasteiger partial charge < -0.3 is 20.5 Å². The molecule has 0 spiro atoms. The molecule has 112 valence electrons. The Hall–Kier alpha value is -2.41. The number of rotatable bonds is 5. The molecule has 0 aliphatic rings. The van der Waals surface area contributed by atoms with Crippen molar-refractivity contribution in [3.05, 3.63) is 29.5 Å². The first kappa shape index (κ1) is 15.0. The Morgan fingerprint density at radius 3 is 2.67 bits per heavy atom. The molecule has 2 aromatic rings. The van der Waals surface area contributed by atoms with Crippen molar-refractivity contribution in [2.75, 3.05) is 25.3 Å². The highest BCUT2D eigenvalue weighted by Crippen LogP contribution is 2.35. The van der Waals surface area contributed by atoms with Crippen LogP contribution in [0, 0.1) is 0 Å². The summed E-state index contributed by atoms with van der Waals surface area (Å²) >= 11 is 6.00. The van der Waals surface area contributed by atoms with Crippen molar-refractivity contribution in [1.29, 1.82) is 0 Å². The van der Waals surface area contributed by atoms with Crippen LogP contribution < -0.4 is 20.5 Å². The van der Waals surface area contributed by atoms with Crippen LogP contribution in [0.5, 0.6) is 11.5 Å². The molecule has 1 heterocycles. The molecule has 0 saturated carbocycles. The van der Waals surface area contributed by atoms with E-state index >= 15 is 0 Å².